The van der Waals surface area contributed by atoms with Crippen molar-refractivity contribution in [1.82, 2.24) is 4.98 Å². The van der Waals surface area contributed by atoms with Crippen molar-refractivity contribution in [2.75, 3.05) is 23.4 Å². The Morgan fingerprint density at radius 1 is 1.33 bits per heavy atom. The number of carbonyl (C=O) groups excluding carboxylic acids is 1. The number of aliphatic imine (C=N–C) groups is 1. The first-order valence-corrected chi connectivity index (χ1v) is 9.72. The van der Waals surface area contributed by atoms with Crippen molar-refractivity contribution < 1.29 is 9.53 Å². The van der Waals surface area contributed by atoms with Crippen LogP contribution in [0.4, 0.5) is 11.4 Å². The third kappa shape index (κ3) is 3.32. The van der Waals surface area contributed by atoms with E-state index in [-0.39, 0.29) is 5.91 Å². The number of anilines is 2. The fourth-order valence-electron chi connectivity index (χ4n) is 3.52. The first-order chi connectivity index (χ1) is 13.0. The highest BCUT2D eigenvalue weighted by Gasteiger charge is 2.42. The lowest BCUT2D eigenvalue weighted by Crippen LogP contribution is -2.37. The molecule has 1 aromatic heterocycles. The van der Waals surface area contributed by atoms with Crippen molar-refractivity contribution >= 4 is 34.2 Å². The first kappa shape index (κ1) is 17.7. The number of rotatable bonds is 2. The Balaban J connectivity index is 1.68. The summed E-state index contributed by atoms with van der Waals surface area (Å²) in [4.78, 5) is 21.3. The van der Waals surface area contributed by atoms with E-state index in [9.17, 15) is 4.79 Å². The van der Waals surface area contributed by atoms with Crippen LogP contribution >= 0.6 is 11.8 Å². The molecule has 4 rings (SSSR count). The van der Waals surface area contributed by atoms with E-state index in [0.717, 1.165) is 23.5 Å². The number of fused-ring (bicyclic) bond motifs is 3. The normalized spacial score (nSPS) is 23.9. The van der Waals surface area contributed by atoms with E-state index in [2.05, 4.69) is 17.2 Å². The van der Waals surface area contributed by atoms with E-state index in [0.29, 0.717) is 34.8 Å². The maximum absolute atomic E-state index is 12.5. The predicted octanol–water partition coefficient (Wildman–Crippen LogP) is 2.59. The second kappa shape index (κ2) is 6.77. The fourth-order valence-corrected chi connectivity index (χ4v) is 4.64. The Morgan fingerprint density at radius 2 is 2.19 bits per heavy atom. The summed E-state index contributed by atoms with van der Waals surface area (Å²) in [5.41, 5.74) is 13.6. The van der Waals surface area contributed by atoms with Gasteiger partial charge in [0.1, 0.15) is 11.4 Å². The molecule has 0 radical (unpaired) electrons. The lowest BCUT2D eigenvalue weighted by atomic mass is 9.79. The van der Waals surface area contributed by atoms with E-state index in [1.54, 1.807) is 23.9 Å². The van der Waals surface area contributed by atoms with Gasteiger partial charge in [0.05, 0.1) is 24.0 Å². The topological polar surface area (TPSA) is 116 Å². The van der Waals surface area contributed by atoms with Crippen LogP contribution in [0.5, 0.6) is 5.75 Å². The molecule has 0 spiro atoms. The number of aromatic nitrogens is 1. The number of benzene rings is 1. The Bertz CT molecular complexity index is 915. The highest BCUT2D eigenvalue weighted by atomic mass is 32.2. The summed E-state index contributed by atoms with van der Waals surface area (Å²) in [6, 6.07) is 8.87. The SMILES string of the molecule is C[C@]12N=C(N)SC[C@H]1CCOc1ccc(NC(=O)c3ccc(N)cn3)cc12. The molecule has 2 aromatic rings. The summed E-state index contributed by atoms with van der Waals surface area (Å²) in [6.07, 6.45) is 2.37. The standard InChI is InChI=1S/C19H21N5O2S/c1-19-11(10-27-18(21)24-19)6-7-26-16-5-3-13(8-14(16)19)23-17(25)15-4-2-12(20)9-22-15/h2-5,8-9,11H,6-7,10,20H2,1H3,(H2,21,24)(H,23,25)/t11-,19+/m1/s1. The minimum Gasteiger partial charge on any atom is -0.493 e. The minimum atomic E-state index is -0.471. The average molecular weight is 383 g/mol. The molecule has 0 saturated carbocycles. The van der Waals surface area contributed by atoms with Crippen LogP contribution in [-0.4, -0.2) is 28.4 Å². The van der Waals surface area contributed by atoms with E-state index >= 15 is 0 Å². The van der Waals surface area contributed by atoms with Crippen molar-refractivity contribution in [3.05, 3.63) is 47.8 Å². The number of carbonyl (C=O) groups is 1. The largest absolute Gasteiger partial charge is 0.493 e. The lowest BCUT2D eigenvalue weighted by Gasteiger charge is -2.36. The predicted molar refractivity (Wildman–Crippen MR) is 108 cm³/mol. The van der Waals surface area contributed by atoms with Gasteiger partial charge in [-0.05, 0) is 43.7 Å². The van der Waals surface area contributed by atoms with E-state index < -0.39 is 5.54 Å². The number of nitrogen functional groups attached to an aromatic ring is 1. The van der Waals surface area contributed by atoms with E-state index in [1.807, 2.05) is 18.2 Å². The number of amides is 1. The summed E-state index contributed by atoms with van der Waals surface area (Å²) in [7, 11) is 0. The van der Waals surface area contributed by atoms with Gasteiger partial charge in [0.2, 0.25) is 0 Å². The highest BCUT2D eigenvalue weighted by Crippen LogP contribution is 2.47. The molecule has 3 heterocycles. The molecule has 1 amide bonds. The van der Waals surface area contributed by atoms with Gasteiger partial charge in [-0.1, -0.05) is 11.8 Å². The summed E-state index contributed by atoms with van der Waals surface area (Å²) in [5.74, 6) is 1.71. The molecule has 2 aliphatic rings. The fraction of sp³-hybridized carbons (Fsp3) is 0.316. The molecule has 0 bridgehead atoms. The summed E-state index contributed by atoms with van der Waals surface area (Å²) < 4.78 is 5.94. The second-order valence-corrected chi connectivity index (χ2v) is 7.92. The highest BCUT2D eigenvalue weighted by molar-refractivity contribution is 8.13. The average Bonchev–Trinajstić information content (AvgIpc) is 2.78. The monoisotopic (exact) mass is 383 g/mol. The Labute approximate surface area is 161 Å². The van der Waals surface area contributed by atoms with E-state index in [1.165, 1.54) is 6.20 Å². The first-order valence-electron chi connectivity index (χ1n) is 8.74. The van der Waals surface area contributed by atoms with Crippen LogP contribution < -0.4 is 21.5 Å². The van der Waals surface area contributed by atoms with Gasteiger partial charge in [-0.25, -0.2) is 4.98 Å². The molecule has 27 heavy (non-hydrogen) atoms. The minimum absolute atomic E-state index is 0.298. The van der Waals surface area contributed by atoms with Gasteiger partial charge in [-0.2, -0.15) is 0 Å². The van der Waals surface area contributed by atoms with Crippen LogP contribution in [0.25, 0.3) is 0 Å². The number of thioether (sulfide) groups is 1. The maximum Gasteiger partial charge on any atom is 0.274 e. The van der Waals surface area contributed by atoms with Gasteiger partial charge >= 0.3 is 0 Å². The number of nitrogens with zero attached hydrogens (tertiary/aromatic N) is 2. The van der Waals surface area contributed by atoms with Gasteiger partial charge in [0, 0.05) is 22.9 Å². The molecular formula is C19H21N5O2S. The Morgan fingerprint density at radius 3 is 2.96 bits per heavy atom. The molecule has 0 unspecified atom stereocenters. The maximum atomic E-state index is 12.5. The van der Waals surface area contributed by atoms with Gasteiger partial charge in [0.25, 0.3) is 5.91 Å². The molecule has 2 atom stereocenters. The molecule has 7 nitrogen and oxygen atoms in total. The summed E-state index contributed by atoms with van der Waals surface area (Å²) in [5, 5.41) is 3.47. The zero-order valence-electron chi connectivity index (χ0n) is 14.9. The quantitative estimate of drug-likeness (QED) is 0.734. The molecule has 5 N–H and O–H groups in total. The molecule has 2 aliphatic heterocycles. The summed E-state index contributed by atoms with van der Waals surface area (Å²) in [6.45, 7) is 2.73. The van der Waals surface area contributed by atoms with E-state index in [4.69, 9.17) is 21.2 Å². The third-order valence-corrected chi connectivity index (χ3v) is 6.05. The van der Waals surface area contributed by atoms with Crippen molar-refractivity contribution in [2.45, 2.75) is 18.9 Å². The number of pyridine rings is 1. The Kier molecular flexibility index (Phi) is 4.43. The molecular weight excluding hydrogens is 362 g/mol. The molecule has 0 aliphatic carbocycles. The van der Waals surface area contributed by atoms with Crippen LogP contribution in [0, 0.1) is 5.92 Å². The molecule has 1 aromatic carbocycles. The molecule has 0 fully saturated rings. The van der Waals surface area contributed by atoms with Crippen molar-refractivity contribution in [1.29, 1.82) is 0 Å². The number of hydrogen-bond acceptors (Lipinski definition) is 7. The van der Waals surface area contributed by atoms with Crippen molar-refractivity contribution in [3.63, 3.8) is 0 Å². The zero-order chi connectivity index (χ0) is 19.0. The van der Waals surface area contributed by atoms with Crippen LogP contribution in [0.1, 0.15) is 29.4 Å². The third-order valence-electron chi connectivity index (χ3n) is 5.10. The molecule has 8 heteroatoms. The summed E-state index contributed by atoms with van der Waals surface area (Å²) >= 11 is 1.58. The lowest BCUT2D eigenvalue weighted by molar-refractivity contribution is 0.102. The van der Waals surface area contributed by atoms with Crippen molar-refractivity contribution in [2.24, 2.45) is 16.6 Å². The number of ether oxygens (including phenoxy) is 1. The van der Waals surface area contributed by atoms with Crippen LogP contribution in [0.2, 0.25) is 0 Å². The number of amidine groups is 1. The van der Waals surface area contributed by atoms with Crippen molar-refractivity contribution in [3.8, 4) is 5.75 Å². The molecule has 0 saturated heterocycles. The van der Waals surface area contributed by atoms with Gasteiger partial charge in [0.15, 0.2) is 5.17 Å². The van der Waals surface area contributed by atoms with Gasteiger partial charge < -0.3 is 21.5 Å². The van der Waals surface area contributed by atoms with Gasteiger partial charge in [-0.15, -0.1) is 0 Å². The molecule has 140 valence electrons. The smallest absolute Gasteiger partial charge is 0.274 e. The number of nitrogens with one attached hydrogen (secondary N) is 1. The Hall–Kier alpha value is -2.74. The van der Waals surface area contributed by atoms with Crippen LogP contribution in [0.3, 0.4) is 0 Å². The second-order valence-electron chi connectivity index (χ2n) is 6.88. The van der Waals surface area contributed by atoms with Crippen LogP contribution in [-0.2, 0) is 5.54 Å². The zero-order valence-corrected chi connectivity index (χ0v) is 15.8. The number of hydrogen-bond donors (Lipinski definition) is 3. The number of nitrogens with two attached hydrogens (primary N) is 2. The van der Waals surface area contributed by atoms with Gasteiger partial charge in [-0.3, -0.25) is 9.79 Å². The van der Waals surface area contributed by atoms with Crippen LogP contribution in [0.15, 0.2) is 41.5 Å².